The van der Waals surface area contributed by atoms with Crippen LogP contribution in [-0.2, 0) is 21.3 Å². The minimum atomic E-state index is -3.79. The summed E-state index contributed by atoms with van der Waals surface area (Å²) >= 11 is 1.53. The third kappa shape index (κ3) is 4.30. The predicted molar refractivity (Wildman–Crippen MR) is 105 cm³/mol. The molecule has 2 heterocycles. The van der Waals surface area contributed by atoms with Gasteiger partial charge in [-0.3, -0.25) is 4.79 Å². The monoisotopic (exact) mass is 426 g/mol. The molecule has 1 aliphatic rings. The number of nitrogens with zero attached hydrogens (tertiary/aromatic N) is 1. The Morgan fingerprint density at radius 1 is 1.25 bits per heavy atom. The molecule has 0 saturated carbocycles. The number of hydrogen-bond acceptors (Lipinski definition) is 7. The summed E-state index contributed by atoms with van der Waals surface area (Å²) < 4.78 is 43.2. The van der Waals surface area contributed by atoms with Gasteiger partial charge in [-0.1, -0.05) is 0 Å². The second-order valence-corrected chi connectivity index (χ2v) is 8.76. The van der Waals surface area contributed by atoms with Crippen LogP contribution in [0.5, 0.6) is 11.5 Å². The van der Waals surface area contributed by atoms with Gasteiger partial charge in [-0.05, 0) is 28.5 Å². The molecule has 152 valence electrons. The number of morpholine rings is 1. The maximum Gasteiger partial charge on any atom is 0.255 e. The van der Waals surface area contributed by atoms with Crippen molar-refractivity contribution in [2.24, 2.45) is 0 Å². The van der Waals surface area contributed by atoms with Crippen LogP contribution in [0, 0.1) is 0 Å². The Balaban J connectivity index is 1.95. The molecule has 1 amide bonds. The van der Waals surface area contributed by atoms with Gasteiger partial charge in [-0.2, -0.15) is 15.6 Å². The lowest BCUT2D eigenvalue weighted by Gasteiger charge is -2.26. The van der Waals surface area contributed by atoms with E-state index in [1.807, 2.05) is 16.8 Å². The zero-order valence-corrected chi connectivity index (χ0v) is 17.3. The molecule has 0 unspecified atom stereocenters. The van der Waals surface area contributed by atoms with Crippen molar-refractivity contribution in [2.45, 2.75) is 11.4 Å². The molecule has 3 rings (SSSR count). The van der Waals surface area contributed by atoms with Crippen molar-refractivity contribution in [1.82, 2.24) is 9.62 Å². The van der Waals surface area contributed by atoms with Gasteiger partial charge in [0.25, 0.3) is 5.91 Å². The number of rotatable bonds is 7. The van der Waals surface area contributed by atoms with Crippen LogP contribution >= 0.6 is 11.3 Å². The van der Waals surface area contributed by atoms with Crippen molar-refractivity contribution in [3.05, 3.63) is 40.1 Å². The van der Waals surface area contributed by atoms with Gasteiger partial charge >= 0.3 is 0 Å². The van der Waals surface area contributed by atoms with Gasteiger partial charge in [0, 0.05) is 25.7 Å². The second-order valence-electron chi connectivity index (χ2n) is 6.04. The van der Waals surface area contributed by atoms with Crippen molar-refractivity contribution in [2.75, 3.05) is 40.5 Å². The Kier molecular flexibility index (Phi) is 6.55. The zero-order chi connectivity index (χ0) is 20.1. The fraction of sp³-hybridized carbons (Fsp3) is 0.389. The summed E-state index contributed by atoms with van der Waals surface area (Å²) in [6.45, 7) is 1.52. The number of sulfonamides is 1. The van der Waals surface area contributed by atoms with Gasteiger partial charge in [0.05, 0.1) is 37.9 Å². The van der Waals surface area contributed by atoms with E-state index in [1.54, 1.807) is 0 Å². The average molecular weight is 427 g/mol. The lowest BCUT2D eigenvalue weighted by molar-refractivity contribution is 0.0730. The Labute approximate surface area is 168 Å². The Bertz CT molecular complexity index is 922. The Morgan fingerprint density at radius 3 is 2.61 bits per heavy atom. The molecule has 10 heteroatoms. The lowest BCUT2D eigenvalue weighted by Crippen LogP contribution is -2.40. The highest BCUT2D eigenvalue weighted by molar-refractivity contribution is 7.89. The molecule has 0 bridgehead atoms. The molecule has 28 heavy (non-hydrogen) atoms. The van der Waals surface area contributed by atoms with Crippen LogP contribution in [0.4, 0.5) is 0 Å². The molecule has 0 atom stereocenters. The smallest absolute Gasteiger partial charge is 0.255 e. The number of carbonyl (C=O) groups is 1. The number of nitrogens with one attached hydrogen (secondary N) is 1. The molecule has 1 aromatic carbocycles. The van der Waals surface area contributed by atoms with Gasteiger partial charge in [-0.15, -0.1) is 0 Å². The topological polar surface area (TPSA) is 94.2 Å². The Hall–Kier alpha value is -2.14. The molecule has 1 N–H and O–H groups in total. The van der Waals surface area contributed by atoms with E-state index in [0.29, 0.717) is 19.8 Å². The molecule has 0 aliphatic carbocycles. The van der Waals surface area contributed by atoms with E-state index in [4.69, 9.17) is 14.2 Å². The number of methoxy groups -OCH3 is 2. The number of hydrogen-bond donors (Lipinski definition) is 1. The predicted octanol–water partition coefficient (Wildman–Crippen LogP) is 1.72. The summed E-state index contributed by atoms with van der Waals surface area (Å²) in [7, 11) is -0.989. The van der Waals surface area contributed by atoms with Crippen LogP contribution in [0.2, 0.25) is 0 Å². The minimum Gasteiger partial charge on any atom is -0.493 e. The quantitative estimate of drug-likeness (QED) is 0.725. The highest BCUT2D eigenvalue weighted by Gasteiger charge is 2.30. The summed E-state index contributed by atoms with van der Waals surface area (Å²) in [6, 6.07) is 4.61. The van der Waals surface area contributed by atoms with Crippen LogP contribution in [0.1, 0.15) is 15.9 Å². The third-order valence-corrected chi connectivity index (χ3v) is 6.95. The average Bonchev–Trinajstić information content (AvgIpc) is 3.25. The summed E-state index contributed by atoms with van der Waals surface area (Å²) in [5.74, 6) is -0.0795. The Morgan fingerprint density at radius 2 is 2.00 bits per heavy atom. The van der Waals surface area contributed by atoms with Crippen LogP contribution in [-0.4, -0.2) is 59.2 Å². The number of benzene rings is 1. The van der Waals surface area contributed by atoms with E-state index < -0.39 is 15.9 Å². The number of carbonyl (C=O) groups excluding carboxylic acids is 1. The normalized spacial score (nSPS) is 15.2. The lowest BCUT2D eigenvalue weighted by atomic mass is 10.1. The first-order valence-electron chi connectivity index (χ1n) is 8.60. The van der Waals surface area contributed by atoms with Crippen molar-refractivity contribution >= 4 is 27.3 Å². The number of thiophene rings is 1. The molecule has 8 nitrogen and oxygen atoms in total. The number of ether oxygens (including phenoxy) is 3. The number of amides is 1. The fourth-order valence-electron chi connectivity index (χ4n) is 2.86. The molecule has 2 aromatic rings. The van der Waals surface area contributed by atoms with E-state index in [1.165, 1.54) is 42.0 Å². The minimum absolute atomic E-state index is 0.0206. The molecular weight excluding hydrogens is 404 g/mol. The maximum atomic E-state index is 13.0. The van der Waals surface area contributed by atoms with E-state index >= 15 is 0 Å². The molecule has 1 saturated heterocycles. The van der Waals surface area contributed by atoms with Gasteiger partial charge < -0.3 is 19.5 Å². The first kappa shape index (κ1) is 20.6. The third-order valence-electron chi connectivity index (χ3n) is 4.34. The zero-order valence-electron chi connectivity index (χ0n) is 15.6. The van der Waals surface area contributed by atoms with Gasteiger partial charge in [-0.25, -0.2) is 8.42 Å². The molecule has 1 aromatic heterocycles. The van der Waals surface area contributed by atoms with Crippen LogP contribution in [0.25, 0.3) is 0 Å². The van der Waals surface area contributed by atoms with E-state index in [-0.39, 0.29) is 35.0 Å². The van der Waals surface area contributed by atoms with Crippen molar-refractivity contribution in [3.8, 4) is 11.5 Å². The fourth-order valence-corrected chi connectivity index (χ4v) is 4.98. The highest BCUT2D eigenvalue weighted by atomic mass is 32.2. The summed E-state index contributed by atoms with van der Waals surface area (Å²) in [5, 5.41) is 6.63. The molecule has 0 radical (unpaired) electrons. The van der Waals surface area contributed by atoms with Gasteiger partial charge in [0.15, 0.2) is 11.5 Å². The van der Waals surface area contributed by atoms with Gasteiger partial charge in [0.1, 0.15) is 0 Å². The summed E-state index contributed by atoms with van der Waals surface area (Å²) in [6.07, 6.45) is 0. The second kappa shape index (κ2) is 8.91. The molecular formula is C18H22N2O6S2. The van der Waals surface area contributed by atoms with Crippen molar-refractivity contribution in [3.63, 3.8) is 0 Å². The molecule has 1 fully saturated rings. The molecule has 1 aliphatic heterocycles. The first-order chi connectivity index (χ1) is 13.5. The van der Waals surface area contributed by atoms with E-state index in [9.17, 15) is 13.2 Å². The van der Waals surface area contributed by atoms with Crippen molar-refractivity contribution < 1.29 is 27.4 Å². The summed E-state index contributed by atoms with van der Waals surface area (Å²) in [5.41, 5.74) is 1.06. The van der Waals surface area contributed by atoms with Crippen LogP contribution < -0.4 is 14.8 Å². The van der Waals surface area contributed by atoms with Crippen LogP contribution in [0.15, 0.2) is 33.9 Å². The van der Waals surface area contributed by atoms with Crippen LogP contribution in [0.3, 0.4) is 0 Å². The van der Waals surface area contributed by atoms with E-state index in [0.717, 1.165) is 5.56 Å². The largest absolute Gasteiger partial charge is 0.493 e. The van der Waals surface area contributed by atoms with Gasteiger partial charge in [0.2, 0.25) is 10.0 Å². The first-order valence-corrected chi connectivity index (χ1v) is 11.0. The SMILES string of the molecule is COc1cc(S(=O)(=O)N2CCOCC2)cc(C(=O)NCc2ccsc2)c1OC. The highest BCUT2D eigenvalue weighted by Crippen LogP contribution is 2.35. The van der Waals surface area contributed by atoms with E-state index in [2.05, 4.69) is 5.32 Å². The van der Waals surface area contributed by atoms with Crippen molar-refractivity contribution in [1.29, 1.82) is 0 Å². The molecule has 0 spiro atoms. The standard InChI is InChI=1S/C18H22N2O6S2/c1-24-16-10-14(28(22,23)20-4-6-26-7-5-20)9-15(17(16)25-2)18(21)19-11-13-3-8-27-12-13/h3,8-10,12H,4-7,11H2,1-2H3,(H,19,21). The maximum absolute atomic E-state index is 13.0. The summed E-state index contributed by atoms with van der Waals surface area (Å²) in [4.78, 5) is 12.8.